The molecule has 1 aromatic rings. The van der Waals surface area contributed by atoms with E-state index < -0.39 is 0 Å². The number of benzene rings is 1. The minimum absolute atomic E-state index is 0.708. The van der Waals surface area contributed by atoms with Gasteiger partial charge in [-0.2, -0.15) is 4.41 Å². The van der Waals surface area contributed by atoms with Crippen LogP contribution in [0.3, 0.4) is 0 Å². The molecule has 1 aromatic carbocycles. The molecule has 0 saturated heterocycles. The maximum atomic E-state index is 5.42. The lowest BCUT2D eigenvalue weighted by molar-refractivity contribution is 0.340. The van der Waals surface area contributed by atoms with Crippen molar-refractivity contribution in [2.75, 3.05) is 24.4 Å². The average Bonchev–Trinajstić information content (AvgIpc) is 2.78. The van der Waals surface area contributed by atoms with E-state index >= 15 is 0 Å². The third-order valence-corrected chi connectivity index (χ3v) is 3.12. The van der Waals surface area contributed by atoms with Gasteiger partial charge in [-0.25, -0.2) is 0 Å². The highest BCUT2D eigenvalue weighted by Crippen LogP contribution is 2.26. The zero-order chi connectivity index (χ0) is 11.4. The van der Waals surface area contributed by atoms with Crippen LogP contribution in [0.15, 0.2) is 36.5 Å². The molecule has 0 aliphatic carbocycles. The van der Waals surface area contributed by atoms with Crippen molar-refractivity contribution in [1.29, 1.82) is 0 Å². The van der Waals surface area contributed by atoms with E-state index in [2.05, 4.69) is 40.1 Å². The van der Waals surface area contributed by atoms with Gasteiger partial charge in [-0.05, 0) is 43.5 Å². The summed E-state index contributed by atoms with van der Waals surface area (Å²) in [6.07, 6.45) is 6.31. The van der Waals surface area contributed by atoms with Crippen molar-refractivity contribution in [2.45, 2.75) is 6.92 Å². The number of hydrogen-bond donors (Lipinski definition) is 0. The highest BCUT2D eigenvalue weighted by molar-refractivity contribution is 7.96. The van der Waals surface area contributed by atoms with E-state index in [9.17, 15) is 0 Å². The number of hydrazine groups is 1. The fraction of sp³-hybridized carbons (Fsp3) is 0.333. The van der Waals surface area contributed by atoms with Crippen LogP contribution in [0, 0.1) is 0 Å². The Morgan fingerprint density at radius 1 is 1.31 bits per heavy atom. The van der Waals surface area contributed by atoms with E-state index in [0.717, 1.165) is 18.0 Å². The van der Waals surface area contributed by atoms with E-state index in [0.29, 0.717) is 6.61 Å². The van der Waals surface area contributed by atoms with E-state index in [1.54, 1.807) is 11.9 Å². The zero-order valence-electron chi connectivity index (χ0n) is 9.59. The summed E-state index contributed by atoms with van der Waals surface area (Å²) < 4.78 is 7.61. The minimum Gasteiger partial charge on any atom is -0.494 e. The van der Waals surface area contributed by atoms with Gasteiger partial charge in [-0.3, -0.25) is 5.01 Å². The van der Waals surface area contributed by atoms with Gasteiger partial charge in [0.25, 0.3) is 0 Å². The first-order valence-corrected chi connectivity index (χ1v) is 6.53. The fourth-order valence-electron chi connectivity index (χ4n) is 1.64. The lowest BCUT2D eigenvalue weighted by Crippen LogP contribution is -2.28. The van der Waals surface area contributed by atoms with Crippen LogP contribution in [0.4, 0.5) is 5.69 Å². The van der Waals surface area contributed by atoms with Crippen LogP contribution in [-0.2, 0) is 0 Å². The van der Waals surface area contributed by atoms with Crippen molar-refractivity contribution < 1.29 is 4.74 Å². The minimum atomic E-state index is 0.708. The molecule has 86 valence electrons. The maximum absolute atomic E-state index is 5.42. The summed E-state index contributed by atoms with van der Waals surface area (Å²) in [5.41, 5.74) is 1.16. The van der Waals surface area contributed by atoms with Gasteiger partial charge >= 0.3 is 0 Å². The molecular weight excluding hydrogens is 220 g/mol. The van der Waals surface area contributed by atoms with Crippen LogP contribution >= 0.6 is 11.9 Å². The van der Waals surface area contributed by atoms with Gasteiger partial charge in [0.15, 0.2) is 0 Å². The molecule has 2 rings (SSSR count). The standard InChI is InChI=1S/C12H16N2OS/c1-3-15-12-7-5-11(6-8-12)13-9-4-10-14(13)16-2/h4-9H,3,10H2,1-2H3. The van der Waals surface area contributed by atoms with Crippen molar-refractivity contribution >= 4 is 17.6 Å². The van der Waals surface area contributed by atoms with Crippen molar-refractivity contribution in [2.24, 2.45) is 0 Å². The predicted molar refractivity (Wildman–Crippen MR) is 69.5 cm³/mol. The lowest BCUT2D eigenvalue weighted by Gasteiger charge is -2.26. The Kier molecular flexibility index (Phi) is 3.74. The monoisotopic (exact) mass is 236 g/mol. The lowest BCUT2D eigenvalue weighted by atomic mass is 10.3. The first kappa shape index (κ1) is 11.4. The SMILES string of the molecule is CCOc1ccc(N2C=CCN2SC)cc1. The van der Waals surface area contributed by atoms with Crippen molar-refractivity contribution in [3.05, 3.63) is 36.5 Å². The molecule has 3 nitrogen and oxygen atoms in total. The summed E-state index contributed by atoms with van der Waals surface area (Å²) >= 11 is 1.72. The van der Waals surface area contributed by atoms with E-state index in [4.69, 9.17) is 4.74 Å². The highest BCUT2D eigenvalue weighted by Gasteiger charge is 2.16. The Bertz CT molecular complexity index is 364. The van der Waals surface area contributed by atoms with Gasteiger partial charge in [-0.1, -0.05) is 11.9 Å². The summed E-state index contributed by atoms with van der Waals surface area (Å²) in [5, 5.41) is 2.14. The molecule has 1 aliphatic heterocycles. The molecule has 0 N–H and O–H groups in total. The molecule has 0 radical (unpaired) electrons. The molecule has 0 unspecified atom stereocenters. The van der Waals surface area contributed by atoms with Crippen molar-refractivity contribution in [1.82, 2.24) is 4.41 Å². The normalized spacial score (nSPS) is 15.8. The molecule has 0 spiro atoms. The summed E-state index contributed by atoms with van der Waals surface area (Å²) in [7, 11) is 0. The number of hydrogen-bond acceptors (Lipinski definition) is 4. The fourth-order valence-corrected chi connectivity index (χ4v) is 2.20. The van der Waals surface area contributed by atoms with E-state index in [1.807, 2.05) is 19.1 Å². The average molecular weight is 236 g/mol. The van der Waals surface area contributed by atoms with Crippen LogP contribution in [0.5, 0.6) is 5.75 Å². The molecule has 1 aliphatic rings. The van der Waals surface area contributed by atoms with Gasteiger partial charge in [0.1, 0.15) is 5.75 Å². The Balaban J connectivity index is 2.11. The topological polar surface area (TPSA) is 15.7 Å². The second kappa shape index (κ2) is 5.27. The van der Waals surface area contributed by atoms with Crippen LogP contribution in [0.25, 0.3) is 0 Å². The van der Waals surface area contributed by atoms with Crippen molar-refractivity contribution in [3.63, 3.8) is 0 Å². The molecule has 4 heteroatoms. The summed E-state index contributed by atoms with van der Waals surface area (Å²) in [4.78, 5) is 0. The zero-order valence-corrected chi connectivity index (χ0v) is 10.4. The Labute approximate surface area is 101 Å². The molecule has 0 fully saturated rings. The number of ether oxygens (including phenoxy) is 1. The molecule has 0 saturated carbocycles. The maximum Gasteiger partial charge on any atom is 0.119 e. The predicted octanol–water partition coefficient (Wildman–Crippen LogP) is 2.91. The van der Waals surface area contributed by atoms with E-state index in [-0.39, 0.29) is 0 Å². The molecule has 0 amide bonds. The highest BCUT2D eigenvalue weighted by atomic mass is 32.2. The Morgan fingerprint density at radius 3 is 2.69 bits per heavy atom. The quantitative estimate of drug-likeness (QED) is 0.747. The van der Waals surface area contributed by atoms with Crippen LogP contribution in [0.1, 0.15) is 6.92 Å². The smallest absolute Gasteiger partial charge is 0.119 e. The molecule has 0 atom stereocenters. The molecule has 0 aromatic heterocycles. The van der Waals surface area contributed by atoms with Crippen molar-refractivity contribution in [3.8, 4) is 5.75 Å². The Hall–Kier alpha value is -1.13. The first-order valence-electron chi connectivity index (χ1n) is 5.35. The molecule has 0 bridgehead atoms. The van der Waals surface area contributed by atoms with Gasteiger partial charge in [-0.15, -0.1) is 0 Å². The summed E-state index contributed by atoms with van der Waals surface area (Å²) in [6, 6.07) is 8.15. The van der Waals surface area contributed by atoms with Gasteiger partial charge < -0.3 is 4.74 Å². The van der Waals surface area contributed by atoms with Crippen LogP contribution in [-0.4, -0.2) is 23.8 Å². The number of nitrogens with zero attached hydrogens (tertiary/aromatic N) is 2. The third kappa shape index (κ3) is 2.33. The van der Waals surface area contributed by atoms with Gasteiger partial charge in [0.2, 0.25) is 0 Å². The van der Waals surface area contributed by atoms with E-state index in [1.165, 1.54) is 0 Å². The second-order valence-corrected chi connectivity index (χ2v) is 4.16. The number of rotatable bonds is 4. The van der Waals surface area contributed by atoms with Crippen LogP contribution in [0.2, 0.25) is 0 Å². The molecule has 1 heterocycles. The summed E-state index contributed by atoms with van der Waals surface area (Å²) in [6.45, 7) is 3.65. The first-order chi connectivity index (χ1) is 7.85. The third-order valence-electron chi connectivity index (χ3n) is 2.37. The second-order valence-electron chi connectivity index (χ2n) is 3.37. The molecular formula is C12H16N2OS. The number of anilines is 1. The molecule has 16 heavy (non-hydrogen) atoms. The van der Waals surface area contributed by atoms with Gasteiger partial charge in [0, 0.05) is 12.7 Å². The largest absolute Gasteiger partial charge is 0.494 e. The van der Waals surface area contributed by atoms with Crippen LogP contribution < -0.4 is 9.75 Å². The van der Waals surface area contributed by atoms with Gasteiger partial charge in [0.05, 0.1) is 12.3 Å². The Morgan fingerprint density at radius 2 is 2.06 bits per heavy atom. The summed E-state index contributed by atoms with van der Waals surface area (Å²) in [5.74, 6) is 0.921.